The molecule has 0 aliphatic heterocycles. The van der Waals surface area contributed by atoms with Crippen LogP contribution < -0.4 is 4.74 Å². The number of ether oxygens (including phenoxy) is 2. The van der Waals surface area contributed by atoms with E-state index in [1.807, 2.05) is 25.2 Å². The predicted octanol–water partition coefficient (Wildman–Crippen LogP) is 6.95. The number of rotatable bonds is 9. The number of ketones is 1. The second-order valence-corrected chi connectivity index (χ2v) is 9.18. The molecule has 0 spiro atoms. The molecule has 0 heterocycles. The van der Waals surface area contributed by atoms with Gasteiger partial charge >= 0.3 is 5.97 Å². The highest BCUT2D eigenvalue weighted by atomic mass is 16.5. The summed E-state index contributed by atoms with van der Waals surface area (Å²) < 4.78 is 10.2. The highest BCUT2D eigenvalue weighted by Crippen LogP contribution is 2.40. The summed E-state index contributed by atoms with van der Waals surface area (Å²) in [6, 6.07) is 6.69. The number of esters is 1. The van der Waals surface area contributed by atoms with Gasteiger partial charge in [0, 0.05) is 11.6 Å². The SMILES string of the molecule is COc1ccc(C(=O)COC(=O)C=C(C)C=CC=C(C)C=CC2=C(C)CCCC2(C)C)cc1. The minimum absolute atomic E-state index is 0.226. The summed E-state index contributed by atoms with van der Waals surface area (Å²) in [5.41, 5.74) is 5.50. The van der Waals surface area contributed by atoms with E-state index in [-0.39, 0.29) is 17.8 Å². The van der Waals surface area contributed by atoms with Gasteiger partial charge in [-0.1, -0.05) is 55.4 Å². The second kappa shape index (κ2) is 12.2. The number of allylic oxidation sites excluding steroid dienone is 9. The van der Waals surface area contributed by atoms with Crippen LogP contribution in [0.2, 0.25) is 0 Å². The largest absolute Gasteiger partial charge is 0.497 e. The monoisotopic (exact) mass is 448 g/mol. The summed E-state index contributed by atoms with van der Waals surface area (Å²) >= 11 is 0. The van der Waals surface area contributed by atoms with Gasteiger partial charge in [0.1, 0.15) is 5.75 Å². The van der Waals surface area contributed by atoms with Crippen molar-refractivity contribution in [2.45, 2.75) is 53.9 Å². The molecule has 1 aliphatic rings. The van der Waals surface area contributed by atoms with Gasteiger partial charge in [0.15, 0.2) is 12.4 Å². The van der Waals surface area contributed by atoms with Crippen LogP contribution in [0.4, 0.5) is 0 Å². The molecule has 0 saturated carbocycles. The number of hydrogen-bond acceptors (Lipinski definition) is 4. The van der Waals surface area contributed by atoms with Crippen molar-refractivity contribution in [2.75, 3.05) is 13.7 Å². The van der Waals surface area contributed by atoms with Crippen LogP contribution in [0.1, 0.15) is 64.2 Å². The van der Waals surface area contributed by atoms with Gasteiger partial charge in [-0.25, -0.2) is 4.79 Å². The van der Waals surface area contributed by atoms with Crippen molar-refractivity contribution in [3.8, 4) is 5.75 Å². The number of benzene rings is 1. The van der Waals surface area contributed by atoms with Crippen molar-refractivity contribution in [1.29, 1.82) is 0 Å². The molecule has 1 aromatic rings. The average Bonchev–Trinajstić information content (AvgIpc) is 2.76. The summed E-state index contributed by atoms with van der Waals surface area (Å²) in [6.07, 6.45) is 15.2. The molecule has 33 heavy (non-hydrogen) atoms. The number of methoxy groups -OCH3 is 1. The normalized spacial score (nSPS) is 17.0. The summed E-state index contributed by atoms with van der Waals surface area (Å²) in [6.45, 7) is 10.4. The Kier molecular flexibility index (Phi) is 9.65. The Labute approximate surface area is 198 Å². The second-order valence-electron chi connectivity index (χ2n) is 9.18. The van der Waals surface area contributed by atoms with Gasteiger partial charge in [-0.3, -0.25) is 4.79 Å². The molecule has 4 heteroatoms. The van der Waals surface area contributed by atoms with Crippen LogP contribution in [-0.4, -0.2) is 25.5 Å². The smallest absolute Gasteiger partial charge is 0.331 e. The Balaban J connectivity index is 1.88. The molecule has 0 N–H and O–H groups in total. The van der Waals surface area contributed by atoms with E-state index in [9.17, 15) is 9.59 Å². The number of carbonyl (C=O) groups excluding carboxylic acids is 2. The van der Waals surface area contributed by atoms with Crippen LogP contribution in [0.25, 0.3) is 0 Å². The van der Waals surface area contributed by atoms with E-state index >= 15 is 0 Å². The quantitative estimate of drug-likeness (QED) is 0.177. The molecule has 0 fully saturated rings. The molecule has 0 unspecified atom stereocenters. The van der Waals surface area contributed by atoms with Crippen molar-refractivity contribution in [2.24, 2.45) is 5.41 Å². The van der Waals surface area contributed by atoms with Crippen LogP contribution in [0.15, 0.2) is 83.0 Å². The maximum absolute atomic E-state index is 12.1. The van der Waals surface area contributed by atoms with Crippen molar-refractivity contribution >= 4 is 11.8 Å². The lowest BCUT2D eigenvalue weighted by Gasteiger charge is -2.32. The maximum atomic E-state index is 12.1. The lowest BCUT2D eigenvalue weighted by Crippen LogP contribution is -2.19. The van der Waals surface area contributed by atoms with Crippen molar-refractivity contribution in [3.63, 3.8) is 0 Å². The Hall–Kier alpha value is -3.14. The van der Waals surface area contributed by atoms with Gasteiger partial charge in [0.25, 0.3) is 0 Å². The molecule has 0 aromatic heterocycles. The minimum Gasteiger partial charge on any atom is -0.497 e. The Morgan fingerprint density at radius 2 is 1.76 bits per heavy atom. The summed E-state index contributed by atoms with van der Waals surface area (Å²) in [5.74, 6) is -0.135. The van der Waals surface area contributed by atoms with E-state index in [2.05, 4.69) is 39.8 Å². The molecule has 2 rings (SSSR count). The van der Waals surface area contributed by atoms with Crippen molar-refractivity contribution in [1.82, 2.24) is 0 Å². The third kappa shape index (κ3) is 8.38. The number of Topliss-reactive ketones (excluding diaryl/α,β-unsaturated/α-hetero) is 1. The maximum Gasteiger partial charge on any atom is 0.331 e. The highest BCUT2D eigenvalue weighted by Gasteiger charge is 2.26. The minimum atomic E-state index is -0.540. The molecule has 1 aliphatic carbocycles. The summed E-state index contributed by atoms with van der Waals surface area (Å²) in [5, 5.41) is 0. The van der Waals surface area contributed by atoms with Crippen LogP contribution in [0.5, 0.6) is 5.75 Å². The number of carbonyl (C=O) groups is 2. The van der Waals surface area contributed by atoms with Crippen LogP contribution >= 0.6 is 0 Å². The Morgan fingerprint density at radius 3 is 2.39 bits per heavy atom. The van der Waals surface area contributed by atoms with Gasteiger partial charge in [0.2, 0.25) is 0 Å². The Bertz CT molecular complexity index is 999. The number of hydrogen-bond donors (Lipinski definition) is 0. The first-order valence-electron chi connectivity index (χ1n) is 11.4. The van der Waals surface area contributed by atoms with E-state index in [0.717, 1.165) is 11.1 Å². The highest BCUT2D eigenvalue weighted by molar-refractivity contribution is 5.98. The Morgan fingerprint density at radius 1 is 1.06 bits per heavy atom. The molecular formula is C29H36O4. The lowest BCUT2D eigenvalue weighted by atomic mass is 9.72. The lowest BCUT2D eigenvalue weighted by molar-refractivity contribution is -0.136. The van der Waals surface area contributed by atoms with E-state index < -0.39 is 5.97 Å². The van der Waals surface area contributed by atoms with Crippen LogP contribution in [0, 0.1) is 5.41 Å². The van der Waals surface area contributed by atoms with Crippen LogP contribution in [0.3, 0.4) is 0 Å². The first-order chi connectivity index (χ1) is 15.6. The van der Waals surface area contributed by atoms with E-state index in [1.54, 1.807) is 31.4 Å². The van der Waals surface area contributed by atoms with Gasteiger partial charge in [0.05, 0.1) is 7.11 Å². The molecule has 176 valence electrons. The zero-order valence-electron chi connectivity index (χ0n) is 20.7. The standard InChI is InChI=1S/C29H36O4/c1-21(12-17-26-23(3)11-8-18-29(26,4)5)9-7-10-22(2)19-28(31)33-20-27(30)24-13-15-25(32-6)16-14-24/h7,9-10,12-17,19H,8,11,18,20H2,1-6H3. The molecule has 4 nitrogen and oxygen atoms in total. The first-order valence-corrected chi connectivity index (χ1v) is 11.4. The topological polar surface area (TPSA) is 52.6 Å². The molecular weight excluding hydrogens is 412 g/mol. The van der Waals surface area contributed by atoms with Crippen molar-refractivity contribution < 1.29 is 19.1 Å². The van der Waals surface area contributed by atoms with E-state index in [4.69, 9.17) is 9.47 Å². The van der Waals surface area contributed by atoms with E-state index in [1.165, 1.54) is 36.5 Å². The zero-order chi connectivity index (χ0) is 24.4. The molecule has 0 saturated heterocycles. The molecule has 0 amide bonds. The third-order valence-corrected chi connectivity index (χ3v) is 5.88. The molecule has 1 aromatic carbocycles. The van der Waals surface area contributed by atoms with E-state index in [0.29, 0.717) is 11.3 Å². The fourth-order valence-corrected chi connectivity index (χ4v) is 3.90. The average molecular weight is 449 g/mol. The molecule has 0 radical (unpaired) electrons. The van der Waals surface area contributed by atoms with Crippen molar-refractivity contribution in [3.05, 3.63) is 88.6 Å². The fraction of sp³-hybridized carbons (Fsp3) is 0.379. The fourth-order valence-electron chi connectivity index (χ4n) is 3.90. The van der Waals surface area contributed by atoms with Gasteiger partial charge < -0.3 is 9.47 Å². The van der Waals surface area contributed by atoms with Gasteiger partial charge in [-0.2, -0.15) is 0 Å². The molecule has 0 atom stereocenters. The first kappa shape index (κ1) is 26.1. The predicted molar refractivity (Wildman–Crippen MR) is 134 cm³/mol. The van der Waals surface area contributed by atoms with Gasteiger partial charge in [-0.05, 0) is 80.9 Å². The third-order valence-electron chi connectivity index (χ3n) is 5.88. The van der Waals surface area contributed by atoms with Gasteiger partial charge in [-0.15, -0.1) is 0 Å². The zero-order valence-corrected chi connectivity index (χ0v) is 20.7. The summed E-state index contributed by atoms with van der Waals surface area (Å²) in [7, 11) is 1.56. The van der Waals surface area contributed by atoms with Crippen LogP contribution in [-0.2, 0) is 9.53 Å². The summed E-state index contributed by atoms with van der Waals surface area (Å²) in [4.78, 5) is 24.2. The molecule has 0 bridgehead atoms.